The van der Waals surface area contributed by atoms with Crippen molar-refractivity contribution in [3.8, 4) is 17.2 Å². The van der Waals surface area contributed by atoms with Gasteiger partial charge in [0.15, 0.2) is 18.1 Å². The number of carbonyl (C=O) groups is 2. The van der Waals surface area contributed by atoms with Crippen LogP contribution in [0.15, 0.2) is 41.5 Å². The van der Waals surface area contributed by atoms with Gasteiger partial charge in [0.1, 0.15) is 5.75 Å². The Hall–Kier alpha value is -2.82. The minimum atomic E-state index is -1.10. The van der Waals surface area contributed by atoms with Gasteiger partial charge in [0.2, 0.25) is 0 Å². The van der Waals surface area contributed by atoms with Crippen molar-refractivity contribution in [2.24, 2.45) is 5.10 Å². The van der Waals surface area contributed by atoms with Crippen LogP contribution in [-0.4, -0.2) is 42.0 Å². The summed E-state index contributed by atoms with van der Waals surface area (Å²) in [6, 6.07) is 9.40. The number of phenolic OH excluding ortho intramolecular Hbond substituents is 1. The standard InChI is InChI=1S/C17H15IN2O6/c1-25-14-7-10(6-12(18)16(14)26-9-15(22)23)8-19-20-17(24)11-4-2-3-5-13(11)21/h2-8,21H,9H2,1H3,(H,20,24)(H,22,23)/b19-8+. The highest BCUT2D eigenvalue weighted by Crippen LogP contribution is 2.33. The third-order valence-electron chi connectivity index (χ3n) is 3.12. The zero-order valence-electron chi connectivity index (χ0n) is 13.6. The van der Waals surface area contributed by atoms with Crippen LogP contribution in [0.5, 0.6) is 17.2 Å². The van der Waals surface area contributed by atoms with E-state index in [1.807, 2.05) is 22.6 Å². The fraction of sp³-hybridized carbons (Fsp3) is 0.118. The molecule has 2 rings (SSSR count). The predicted molar refractivity (Wildman–Crippen MR) is 102 cm³/mol. The largest absolute Gasteiger partial charge is 0.507 e. The van der Waals surface area contributed by atoms with Gasteiger partial charge in [-0.1, -0.05) is 12.1 Å². The Bertz CT molecular complexity index is 853. The van der Waals surface area contributed by atoms with E-state index in [-0.39, 0.29) is 11.3 Å². The molecule has 0 spiro atoms. The molecule has 1 amide bonds. The number of halogens is 1. The number of hydrogen-bond donors (Lipinski definition) is 3. The first-order chi connectivity index (χ1) is 12.4. The lowest BCUT2D eigenvalue weighted by Gasteiger charge is -2.12. The molecule has 0 fully saturated rings. The van der Waals surface area contributed by atoms with Crippen molar-refractivity contribution in [3.63, 3.8) is 0 Å². The number of hydrogen-bond acceptors (Lipinski definition) is 6. The molecule has 0 aromatic heterocycles. The number of hydrazone groups is 1. The van der Waals surface area contributed by atoms with Gasteiger partial charge in [-0.15, -0.1) is 0 Å². The molecule has 0 unspecified atom stereocenters. The van der Waals surface area contributed by atoms with Crippen molar-refractivity contribution >= 4 is 40.7 Å². The van der Waals surface area contributed by atoms with E-state index in [0.717, 1.165) is 0 Å². The summed E-state index contributed by atoms with van der Waals surface area (Å²) < 4.78 is 11.0. The van der Waals surface area contributed by atoms with E-state index < -0.39 is 18.5 Å². The van der Waals surface area contributed by atoms with Gasteiger partial charge in [-0.05, 0) is 52.4 Å². The van der Waals surface area contributed by atoms with E-state index in [0.29, 0.717) is 20.6 Å². The summed E-state index contributed by atoms with van der Waals surface area (Å²) in [5, 5.41) is 22.2. The highest BCUT2D eigenvalue weighted by molar-refractivity contribution is 14.1. The summed E-state index contributed by atoms with van der Waals surface area (Å²) >= 11 is 1.98. The number of carboxylic acids is 1. The quantitative estimate of drug-likeness (QED) is 0.325. The number of phenols is 1. The minimum Gasteiger partial charge on any atom is -0.507 e. The lowest BCUT2D eigenvalue weighted by molar-refractivity contribution is -0.139. The molecule has 0 saturated heterocycles. The Labute approximate surface area is 162 Å². The van der Waals surface area contributed by atoms with Gasteiger partial charge in [-0.2, -0.15) is 5.10 Å². The molecule has 0 radical (unpaired) electrons. The number of nitrogens with one attached hydrogen (secondary N) is 1. The minimum absolute atomic E-state index is 0.106. The first-order valence-corrected chi connectivity index (χ1v) is 8.33. The monoisotopic (exact) mass is 470 g/mol. The normalized spacial score (nSPS) is 10.5. The molecular formula is C17H15IN2O6. The topological polar surface area (TPSA) is 117 Å². The Kier molecular flexibility index (Phi) is 6.78. The zero-order chi connectivity index (χ0) is 19.1. The van der Waals surface area contributed by atoms with Crippen molar-refractivity contribution in [1.29, 1.82) is 0 Å². The predicted octanol–water partition coefficient (Wildman–Crippen LogP) is 2.23. The van der Waals surface area contributed by atoms with E-state index >= 15 is 0 Å². The van der Waals surface area contributed by atoms with Crippen LogP contribution in [0.1, 0.15) is 15.9 Å². The molecule has 9 heteroatoms. The molecule has 3 N–H and O–H groups in total. The maximum atomic E-state index is 12.0. The molecular weight excluding hydrogens is 455 g/mol. The van der Waals surface area contributed by atoms with Gasteiger partial charge >= 0.3 is 5.97 Å². The number of aliphatic carboxylic acids is 1. The van der Waals surface area contributed by atoms with Crippen LogP contribution >= 0.6 is 22.6 Å². The number of benzene rings is 2. The lowest BCUT2D eigenvalue weighted by atomic mass is 10.2. The Balaban J connectivity index is 2.13. The summed E-state index contributed by atoms with van der Waals surface area (Å²) in [6.07, 6.45) is 1.39. The number of carboxylic acid groups (broad SMARTS) is 1. The number of aromatic hydroxyl groups is 1. The molecule has 0 aliphatic carbocycles. The van der Waals surface area contributed by atoms with E-state index in [1.54, 1.807) is 24.3 Å². The summed E-state index contributed by atoms with van der Waals surface area (Å²) in [7, 11) is 1.43. The maximum Gasteiger partial charge on any atom is 0.341 e. The number of methoxy groups -OCH3 is 1. The zero-order valence-corrected chi connectivity index (χ0v) is 15.8. The summed E-state index contributed by atoms with van der Waals surface area (Å²) in [5.74, 6) is -1.14. The van der Waals surface area contributed by atoms with E-state index in [4.69, 9.17) is 14.6 Å². The number of carbonyl (C=O) groups excluding carboxylic acids is 1. The highest BCUT2D eigenvalue weighted by Gasteiger charge is 2.13. The van der Waals surface area contributed by atoms with Crippen molar-refractivity contribution in [2.75, 3.05) is 13.7 Å². The SMILES string of the molecule is COc1cc(/C=N/NC(=O)c2ccccc2O)cc(I)c1OCC(=O)O. The smallest absolute Gasteiger partial charge is 0.341 e. The second kappa shape index (κ2) is 9.04. The number of amides is 1. The van der Waals surface area contributed by atoms with Crippen molar-refractivity contribution < 1.29 is 29.3 Å². The van der Waals surface area contributed by atoms with Crippen LogP contribution in [0.25, 0.3) is 0 Å². The van der Waals surface area contributed by atoms with Crippen LogP contribution in [0.3, 0.4) is 0 Å². The second-order valence-electron chi connectivity index (χ2n) is 4.93. The molecule has 2 aromatic rings. The first-order valence-electron chi connectivity index (χ1n) is 7.26. The van der Waals surface area contributed by atoms with Crippen molar-refractivity contribution in [3.05, 3.63) is 51.1 Å². The number of nitrogens with zero attached hydrogens (tertiary/aromatic N) is 1. The van der Waals surface area contributed by atoms with E-state index in [1.165, 1.54) is 25.5 Å². The average Bonchev–Trinajstić information content (AvgIpc) is 2.60. The van der Waals surface area contributed by atoms with Gasteiger partial charge < -0.3 is 19.7 Å². The van der Waals surface area contributed by atoms with Crippen molar-refractivity contribution in [1.82, 2.24) is 5.43 Å². The molecule has 0 aliphatic heterocycles. The third-order valence-corrected chi connectivity index (χ3v) is 3.92. The second-order valence-corrected chi connectivity index (χ2v) is 6.09. The van der Waals surface area contributed by atoms with Gasteiger partial charge in [0, 0.05) is 0 Å². The number of para-hydroxylation sites is 1. The van der Waals surface area contributed by atoms with Gasteiger partial charge in [0.05, 0.1) is 22.5 Å². The first kappa shape index (κ1) is 19.5. The van der Waals surface area contributed by atoms with Crippen LogP contribution in [0.2, 0.25) is 0 Å². The Morgan fingerprint density at radius 1 is 1.31 bits per heavy atom. The van der Waals surface area contributed by atoms with Gasteiger partial charge in [0.25, 0.3) is 5.91 Å². The van der Waals surface area contributed by atoms with Crippen LogP contribution in [0.4, 0.5) is 0 Å². The fourth-order valence-electron chi connectivity index (χ4n) is 1.98. The van der Waals surface area contributed by atoms with E-state index in [9.17, 15) is 14.7 Å². The molecule has 0 bridgehead atoms. The molecule has 0 atom stereocenters. The summed E-state index contributed by atoms with van der Waals surface area (Å²) in [5.41, 5.74) is 3.03. The Morgan fingerprint density at radius 3 is 2.69 bits per heavy atom. The van der Waals surface area contributed by atoms with Crippen LogP contribution in [0, 0.1) is 3.57 Å². The summed E-state index contributed by atoms with van der Waals surface area (Å²) in [6.45, 7) is -0.490. The third kappa shape index (κ3) is 5.09. The molecule has 26 heavy (non-hydrogen) atoms. The van der Waals surface area contributed by atoms with Crippen molar-refractivity contribution in [2.45, 2.75) is 0 Å². The molecule has 8 nitrogen and oxygen atoms in total. The maximum absolute atomic E-state index is 12.0. The lowest BCUT2D eigenvalue weighted by Crippen LogP contribution is -2.17. The molecule has 2 aromatic carbocycles. The van der Waals surface area contributed by atoms with Gasteiger partial charge in [-0.25, -0.2) is 10.2 Å². The molecule has 0 aliphatic rings. The average molecular weight is 470 g/mol. The fourth-order valence-corrected chi connectivity index (χ4v) is 2.76. The molecule has 0 heterocycles. The highest BCUT2D eigenvalue weighted by atomic mass is 127. The molecule has 0 saturated carbocycles. The van der Waals surface area contributed by atoms with Gasteiger partial charge in [-0.3, -0.25) is 4.79 Å². The molecule has 136 valence electrons. The van der Waals surface area contributed by atoms with Crippen LogP contribution < -0.4 is 14.9 Å². The van der Waals surface area contributed by atoms with Crippen LogP contribution in [-0.2, 0) is 4.79 Å². The Morgan fingerprint density at radius 2 is 2.04 bits per heavy atom. The number of ether oxygens (including phenoxy) is 2. The summed E-state index contributed by atoms with van der Waals surface area (Å²) in [4.78, 5) is 22.6. The van der Waals surface area contributed by atoms with E-state index in [2.05, 4.69) is 10.5 Å². The number of rotatable bonds is 7.